The van der Waals surface area contributed by atoms with E-state index >= 15 is 0 Å². The monoisotopic (exact) mass is 336 g/mol. The maximum atomic E-state index is 11.7. The summed E-state index contributed by atoms with van der Waals surface area (Å²) in [4.78, 5) is 20.6. The molecule has 0 aliphatic heterocycles. The normalized spacial score (nSPS) is 11.9. The standard InChI is InChI=1S/C19H16N2O2S/c1-13-12-16(14-8-4-2-5-9-14)21-19(20-13)24-17(18(22)23)15-10-6-3-7-11-15/h2-12,17H,1H3,(H,22,23)/t17-/m1/s1. The van der Waals surface area contributed by atoms with E-state index in [1.54, 1.807) is 12.1 Å². The number of carboxylic acid groups (broad SMARTS) is 1. The summed E-state index contributed by atoms with van der Waals surface area (Å²) in [6, 6.07) is 20.8. The summed E-state index contributed by atoms with van der Waals surface area (Å²) < 4.78 is 0. The van der Waals surface area contributed by atoms with E-state index in [0.29, 0.717) is 5.16 Å². The summed E-state index contributed by atoms with van der Waals surface area (Å²) in [5.74, 6) is -0.905. The van der Waals surface area contributed by atoms with E-state index in [2.05, 4.69) is 9.97 Å². The molecule has 0 saturated heterocycles. The van der Waals surface area contributed by atoms with Crippen molar-refractivity contribution in [1.82, 2.24) is 9.97 Å². The van der Waals surface area contributed by atoms with Crippen molar-refractivity contribution in [3.05, 3.63) is 78.0 Å². The van der Waals surface area contributed by atoms with E-state index in [4.69, 9.17) is 0 Å². The van der Waals surface area contributed by atoms with Crippen molar-refractivity contribution < 1.29 is 9.90 Å². The zero-order valence-electron chi connectivity index (χ0n) is 13.1. The zero-order valence-corrected chi connectivity index (χ0v) is 13.9. The molecule has 0 fully saturated rings. The predicted octanol–water partition coefficient (Wildman–Crippen LogP) is 4.37. The molecule has 4 nitrogen and oxygen atoms in total. The van der Waals surface area contributed by atoms with Gasteiger partial charge < -0.3 is 5.11 Å². The van der Waals surface area contributed by atoms with Gasteiger partial charge in [-0.05, 0) is 18.6 Å². The second-order valence-corrected chi connectivity index (χ2v) is 6.36. The third-order valence-electron chi connectivity index (χ3n) is 3.45. The molecule has 0 saturated carbocycles. The summed E-state index contributed by atoms with van der Waals surface area (Å²) in [6.07, 6.45) is 0. The molecule has 0 aliphatic carbocycles. The van der Waals surface area contributed by atoms with Crippen LogP contribution in [0.25, 0.3) is 11.3 Å². The summed E-state index contributed by atoms with van der Waals surface area (Å²) in [5.41, 5.74) is 3.31. The molecule has 5 heteroatoms. The fraction of sp³-hybridized carbons (Fsp3) is 0.105. The minimum Gasteiger partial charge on any atom is -0.480 e. The van der Waals surface area contributed by atoms with Crippen molar-refractivity contribution in [3.8, 4) is 11.3 Å². The van der Waals surface area contributed by atoms with Gasteiger partial charge in [0.1, 0.15) is 5.25 Å². The number of hydrogen-bond acceptors (Lipinski definition) is 4. The number of benzene rings is 2. The van der Waals surface area contributed by atoms with Crippen molar-refractivity contribution in [2.75, 3.05) is 0 Å². The lowest BCUT2D eigenvalue weighted by atomic mass is 10.1. The summed E-state index contributed by atoms with van der Waals surface area (Å²) in [7, 11) is 0. The molecule has 1 aromatic heterocycles. The lowest BCUT2D eigenvalue weighted by Crippen LogP contribution is -2.09. The molecule has 0 bridgehead atoms. The predicted molar refractivity (Wildman–Crippen MR) is 94.9 cm³/mol. The van der Waals surface area contributed by atoms with Gasteiger partial charge in [0.15, 0.2) is 5.16 Å². The first kappa shape index (κ1) is 16.2. The van der Waals surface area contributed by atoms with Crippen LogP contribution < -0.4 is 0 Å². The maximum Gasteiger partial charge on any atom is 0.321 e. The Hall–Kier alpha value is -2.66. The lowest BCUT2D eigenvalue weighted by molar-refractivity contribution is -0.136. The average molecular weight is 336 g/mol. The van der Waals surface area contributed by atoms with Crippen LogP contribution >= 0.6 is 11.8 Å². The Morgan fingerprint density at radius 3 is 2.25 bits per heavy atom. The number of rotatable bonds is 5. The minimum atomic E-state index is -0.905. The van der Waals surface area contributed by atoms with Crippen LogP contribution in [0.2, 0.25) is 0 Å². The molecule has 0 aliphatic rings. The topological polar surface area (TPSA) is 63.1 Å². The van der Waals surface area contributed by atoms with Gasteiger partial charge in [-0.2, -0.15) is 0 Å². The number of nitrogens with zero attached hydrogens (tertiary/aromatic N) is 2. The molecule has 1 heterocycles. The van der Waals surface area contributed by atoms with Gasteiger partial charge in [-0.1, -0.05) is 72.4 Å². The molecule has 0 unspecified atom stereocenters. The smallest absolute Gasteiger partial charge is 0.321 e. The van der Waals surface area contributed by atoms with Crippen LogP contribution in [0.5, 0.6) is 0 Å². The number of carboxylic acids is 1. The van der Waals surface area contributed by atoms with E-state index in [1.165, 1.54) is 0 Å². The quantitative estimate of drug-likeness (QED) is 0.554. The van der Waals surface area contributed by atoms with E-state index in [-0.39, 0.29) is 0 Å². The number of hydrogen-bond donors (Lipinski definition) is 1. The molecule has 0 radical (unpaired) electrons. The van der Waals surface area contributed by atoms with Gasteiger partial charge in [0.25, 0.3) is 0 Å². The van der Waals surface area contributed by atoms with Gasteiger partial charge in [0.2, 0.25) is 0 Å². The number of aryl methyl sites for hydroxylation is 1. The Balaban J connectivity index is 1.94. The van der Waals surface area contributed by atoms with Crippen molar-refractivity contribution in [3.63, 3.8) is 0 Å². The lowest BCUT2D eigenvalue weighted by Gasteiger charge is -2.12. The molecule has 120 valence electrons. The van der Waals surface area contributed by atoms with Gasteiger partial charge in [-0.3, -0.25) is 4.79 Å². The first-order valence-corrected chi connectivity index (χ1v) is 8.37. The first-order chi connectivity index (χ1) is 11.6. The molecule has 1 N–H and O–H groups in total. The second kappa shape index (κ2) is 7.27. The SMILES string of the molecule is Cc1cc(-c2ccccc2)nc(S[C@@H](C(=O)O)c2ccccc2)n1. The highest BCUT2D eigenvalue weighted by molar-refractivity contribution is 8.00. The molecule has 2 aromatic carbocycles. The van der Waals surface area contributed by atoms with Crippen LogP contribution in [0.4, 0.5) is 0 Å². The van der Waals surface area contributed by atoms with Gasteiger partial charge in [0.05, 0.1) is 5.69 Å². The summed E-state index contributed by atoms with van der Waals surface area (Å²) in [6.45, 7) is 1.89. The van der Waals surface area contributed by atoms with Gasteiger partial charge in [-0.15, -0.1) is 0 Å². The highest BCUT2D eigenvalue weighted by Gasteiger charge is 2.23. The van der Waals surface area contributed by atoms with Gasteiger partial charge in [-0.25, -0.2) is 9.97 Å². The number of aromatic nitrogens is 2. The number of thioether (sulfide) groups is 1. The Morgan fingerprint density at radius 1 is 1.00 bits per heavy atom. The van der Waals surface area contributed by atoms with Crippen molar-refractivity contribution in [1.29, 1.82) is 0 Å². The molecule has 0 amide bonds. The Bertz CT molecular complexity index is 839. The Kier molecular flexibility index (Phi) is 4.91. The minimum absolute atomic E-state index is 0.463. The highest BCUT2D eigenvalue weighted by Crippen LogP contribution is 2.34. The van der Waals surface area contributed by atoms with Crippen LogP contribution in [0.3, 0.4) is 0 Å². The fourth-order valence-corrected chi connectivity index (χ4v) is 3.30. The molecular weight excluding hydrogens is 320 g/mol. The maximum absolute atomic E-state index is 11.7. The van der Waals surface area contributed by atoms with E-state index < -0.39 is 11.2 Å². The van der Waals surface area contributed by atoms with Crippen molar-refractivity contribution >= 4 is 17.7 Å². The Labute approximate surface area is 144 Å². The zero-order chi connectivity index (χ0) is 16.9. The largest absolute Gasteiger partial charge is 0.480 e. The highest BCUT2D eigenvalue weighted by atomic mass is 32.2. The third kappa shape index (κ3) is 3.81. The first-order valence-electron chi connectivity index (χ1n) is 7.49. The van der Waals surface area contributed by atoms with Gasteiger partial charge >= 0.3 is 5.97 Å². The van der Waals surface area contributed by atoms with E-state index in [9.17, 15) is 9.90 Å². The van der Waals surface area contributed by atoms with Gasteiger partial charge in [0, 0.05) is 11.3 Å². The fourth-order valence-electron chi connectivity index (χ4n) is 2.35. The molecular formula is C19H16N2O2S. The van der Waals surface area contributed by atoms with Crippen LogP contribution in [0.1, 0.15) is 16.5 Å². The Morgan fingerprint density at radius 2 is 1.62 bits per heavy atom. The van der Waals surface area contributed by atoms with Crippen LogP contribution in [-0.4, -0.2) is 21.0 Å². The van der Waals surface area contributed by atoms with Crippen LogP contribution in [0, 0.1) is 6.92 Å². The molecule has 3 aromatic rings. The summed E-state index contributed by atoms with van der Waals surface area (Å²) >= 11 is 1.15. The van der Waals surface area contributed by atoms with Crippen LogP contribution in [0.15, 0.2) is 71.9 Å². The summed E-state index contributed by atoms with van der Waals surface area (Å²) in [5, 5.41) is 9.29. The number of carbonyl (C=O) groups is 1. The number of aliphatic carboxylic acids is 1. The van der Waals surface area contributed by atoms with E-state index in [1.807, 2.05) is 61.5 Å². The van der Waals surface area contributed by atoms with E-state index in [0.717, 1.165) is 34.3 Å². The second-order valence-electron chi connectivity index (χ2n) is 5.29. The molecule has 24 heavy (non-hydrogen) atoms. The van der Waals surface area contributed by atoms with Crippen molar-refractivity contribution in [2.45, 2.75) is 17.3 Å². The molecule has 0 spiro atoms. The molecule has 3 rings (SSSR count). The third-order valence-corrected chi connectivity index (χ3v) is 4.56. The van der Waals surface area contributed by atoms with Crippen LogP contribution in [-0.2, 0) is 4.79 Å². The van der Waals surface area contributed by atoms with Crippen molar-refractivity contribution in [2.24, 2.45) is 0 Å². The molecule has 1 atom stereocenters. The average Bonchev–Trinajstić information content (AvgIpc) is 2.60.